The second kappa shape index (κ2) is 4.61. The fraction of sp³-hybridized carbons (Fsp3) is 1.00. The van der Waals surface area contributed by atoms with Gasteiger partial charge in [0.2, 0.25) is 0 Å². The van der Waals surface area contributed by atoms with Crippen LogP contribution in [0.15, 0.2) is 0 Å². The van der Waals surface area contributed by atoms with Gasteiger partial charge in [-0.25, -0.2) is 0 Å². The number of rotatable bonds is 4. The molecule has 0 aromatic heterocycles. The third-order valence-corrected chi connectivity index (χ3v) is 6.56. The van der Waals surface area contributed by atoms with Gasteiger partial charge < -0.3 is 0 Å². The van der Waals surface area contributed by atoms with Gasteiger partial charge in [-0.15, -0.1) is 0 Å². The van der Waals surface area contributed by atoms with E-state index in [0.29, 0.717) is 0 Å². The first kappa shape index (κ1) is 10.8. The second-order valence-electron chi connectivity index (χ2n) is 3.34. The van der Waals surface area contributed by atoms with Crippen LogP contribution in [0, 0.1) is 0 Å². The molecule has 10 heavy (non-hydrogen) atoms. The predicted octanol–water partition coefficient (Wildman–Crippen LogP) is 1.66. The van der Waals surface area contributed by atoms with E-state index in [2.05, 4.69) is 49.2 Å². The van der Waals surface area contributed by atoms with Crippen LogP contribution in [0.3, 0.4) is 0 Å². The Hall–Kier alpha value is 0.774. The van der Waals surface area contributed by atoms with Crippen LogP contribution in [0.25, 0.3) is 0 Å². The maximum absolute atomic E-state index is 2.63. The molecule has 0 rings (SSSR count). The Morgan fingerprint density at radius 3 is 1.70 bits per heavy atom. The molecule has 0 unspecified atom stereocenters. The van der Waals surface area contributed by atoms with E-state index in [1.807, 2.05) is 0 Å². The van der Waals surface area contributed by atoms with Gasteiger partial charge in [0.15, 0.2) is 0 Å². The molecule has 1 nitrogen and oxygen atoms in total. The predicted molar refractivity (Wildman–Crippen MR) is 51.0 cm³/mol. The molecule has 0 aliphatic heterocycles. The summed E-state index contributed by atoms with van der Waals surface area (Å²) in [5, 5.41) is 0. The van der Waals surface area contributed by atoms with Crippen molar-refractivity contribution in [1.82, 2.24) is 4.57 Å². The summed E-state index contributed by atoms with van der Waals surface area (Å²) in [5.41, 5.74) is 0. The molecule has 3 heteroatoms. The van der Waals surface area contributed by atoms with Crippen LogP contribution in [0.2, 0.25) is 17.8 Å². The molecule has 0 aliphatic carbocycles. The van der Waals surface area contributed by atoms with Crippen LogP contribution in [0.5, 0.6) is 0 Å². The monoisotopic (exact) mass is 151 g/mol. The molecule has 0 aliphatic rings. The molecule has 0 aromatic rings. The summed E-state index contributed by atoms with van der Waals surface area (Å²) in [4.78, 5) is 0. The van der Waals surface area contributed by atoms with Crippen molar-refractivity contribution >= 4 is 26.0 Å². The Morgan fingerprint density at radius 2 is 1.60 bits per heavy atom. The minimum atomic E-state index is -0.973. The summed E-state index contributed by atoms with van der Waals surface area (Å²) in [6.07, 6.45) is 0. The first-order valence-corrected chi connectivity index (χ1v) is 7.49. The van der Waals surface area contributed by atoms with Crippen molar-refractivity contribution < 1.29 is 0 Å². The zero-order valence-electron chi connectivity index (χ0n) is 8.07. The summed E-state index contributed by atoms with van der Waals surface area (Å²) in [7, 11) is -0.973. The summed E-state index contributed by atoms with van der Waals surface area (Å²) >= 11 is 2.31. The fourth-order valence-corrected chi connectivity index (χ4v) is 3.46. The molecule has 0 saturated carbocycles. The summed E-state index contributed by atoms with van der Waals surface area (Å²) < 4.78 is 4.00. The van der Waals surface area contributed by atoms with Crippen molar-refractivity contribution in [2.24, 2.45) is 0 Å². The van der Waals surface area contributed by atoms with E-state index in [-0.39, 0.29) is 0 Å². The first-order valence-electron chi connectivity index (χ1n) is 4.33. The molecule has 0 atom stereocenters. The topological polar surface area (TPSA) is 3.24 Å². The van der Waals surface area contributed by atoms with E-state index in [9.17, 15) is 0 Å². The van der Waals surface area contributed by atoms with Gasteiger partial charge in [-0.1, -0.05) is 0 Å². The van der Waals surface area contributed by atoms with Gasteiger partial charge in [-0.05, 0) is 0 Å². The van der Waals surface area contributed by atoms with Crippen molar-refractivity contribution in [1.29, 1.82) is 0 Å². The van der Waals surface area contributed by atoms with E-state index in [1.54, 1.807) is 0 Å². The van der Waals surface area contributed by atoms with Crippen molar-refractivity contribution in [3.05, 3.63) is 0 Å². The summed E-state index contributed by atoms with van der Waals surface area (Å²) in [6, 6.07) is 0. The van der Waals surface area contributed by atoms with Crippen LogP contribution in [0.1, 0.15) is 13.8 Å². The Morgan fingerprint density at radius 1 is 1.20 bits per heavy atom. The van der Waals surface area contributed by atoms with Gasteiger partial charge in [0.1, 0.15) is 0 Å². The van der Waals surface area contributed by atoms with Gasteiger partial charge in [0.05, 0.1) is 0 Å². The van der Waals surface area contributed by atoms with E-state index in [4.69, 9.17) is 0 Å². The van der Waals surface area contributed by atoms with Crippen LogP contribution >= 0.6 is 0 Å². The number of nitrogens with zero attached hydrogens (tertiary/aromatic N) is 1. The molecule has 0 aromatic carbocycles. The molecule has 56 valence electrons. The molecule has 0 fully saturated rings. The van der Waals surface area contributed by atoms with Gasteiger partial charge in [0, 0.05) is 0 Å². The van der Waals surface area contributed by atoms with Crippen molar-refractivity contribution in [3.63, 3.8) is 0 Å². The summed E-state index contributed by atoms with van der Waals surface area (Å²) in [5.74, 6) is 0. The normalized spacial score (nSPS) is 12.7. The van der Waals surface area contributed by atoms with Crippen LogP contribution < -0.4 is 0 Å². The molecule has 0 radical (unpaired) electrons. The number of hydrogen-bond acceptors (Lipinski definition) is 1. The quantitative estimate of drug-likeness (QED) is 0.552. The Kier molecular flexibility index (Phi) is 4.97. The van der Waals surface area contributed by atoms with Crippen molar-refractivity contribution in [2.75, 3.05) is 13.1 Å². The Bertz CT molecular complexity index is 91.6. The van der Waals surface area contributed by atoms with E-state index >= 15 is 0 Å². The van der Waals surface area contributed by atoms with Gasteiger partial charge in [0.25, 0.3) is 0 Å². The average molecular weight is 151 g/mol. The molecule has 0 saturated heterocycles. The first-order chi connectivity index (χ1) is 4.58. The fourth-order valence-electron chi connectivity index (χ4n) is 1.30. The zero-order chi connectivity index (χ0) is 8.20. The molecule has 0 spiro atoms. The van der Waals surface area contributed by atoms with E-state index in [1.165, 1.54) is 17.8 Å². The number of hydrogen-bond donors (Lipinski definition) is 0. The molecule has 0 bridgehead atoms. The molecule has 0 N–H and O–H groups in total. The Balaban J connectivity index is 3.97. The molecule has 0 amide bonds. The van der Waals surface area contributed by atoms with Crippen LogP contribution in [0.4, 0.5) is 0 Å². The van der Waals surface area contributed by atoms with Crippen molar-refractivity contribution in [2.45, 2.75) is 31.7 Å². The van der Waals surface area contributed by atoms with E-state index < -0.39 is 8.24 Å². The standard InChI is InChI=1S/C7H18NSi.Li/c1-6-8(7-2)9(3,4)5;/h3,6-7H2,1-2,4-5H3;. The zero-order valence-corrected chi connectivity index (χ0v) is 9.07. The molecular formula is C7H18LiNSi. The molecular weight excluding hydrogens is 133 g/mol. The SMILES string of the molecule is [Li][CH2][Si](C)(C)N(CC)CC. The van der Waals surface area contributed by atoms with Crippen LogP contribution in [-0.2, 0) is 0 Å². The van der Waals surface area contributed by atoms with E-state index in [0.717, 1.165) is 0 Å². The third-order valence-electron chi connectivity index (χ3n) is 2.48. The van der Waals surface area contributed by atoms with Crippen LogP contribution in [-0.4, -0.2) is 43.6 Å². The second-order valence-corrected chi connectivity index (χ2v) is 8.30. The Labute approximate surface area is 75.5 Å². The third kappa shape index (κ3) is 2.80. The van der Waals surface area contributed by atoms with Gasteiger partial charge in [-0.3, -0.25) is 0 Å². The maximum atomic E-state index is 2.63. The van der Waals surface area contributed by atoms with Gasteiger partial charge in [-0.2, -0.15) is 0 Å². The summed E-state index contributed by atoms with van der Waals surface area (Å²) in [6.45, 7) is 11.9. The molecule has 0 heterocycles. The van der Waals surface area contributed by atoms with Crippen molar-refractivity contribution in [3.8, 4) is 0 Å². The van der Waals surface area contributed by atoms with Gasteiger partial charge >= 0.3 is 75.3 Å². The minimum absolute atomic E-state index is 0.973. The average Bonchev–Trinajstić information content (AvgIpc) is 1.90.